The van der Waals surface area contributed by atoms with Gasteiger partial charge in [0.2, 0.25) is 0 Å². The quantitative estimate of drug-likeness (QED) is 0.514. The number of hydrogen-bond acceptors (Lipinski definition) is 5. The van der Waals surface area contributed by atoms with Crippen molar-refractivity contribution in [3.63, 3.8) is 0 Å². The molecule has 0 atom stereocenters. The molecule has 0 radical (unpaired) electrons. The number of rotatable bonds is 4. The number of piperazine rings is 1. The van der Waals surface area contributed by atoms with Gasteiger partial charge in [-0.15, -0.1) is 0 Å². The summed E-state index contributed by atoms with van der Waals surface area (Å²) < 4.78 is 25.5. The molecule has 1 fully saturated rings. The first-order valence-corrected chi connectivity index (χ1v) is 9.80. The van der Waals surface area contributed by atoms with Crippen molar-refractivity contribution in [1.82, 2.24) is 10.1 Å². The maximum Gasteiger partial charge on any atom is 0.176 e. The fourth-order valence-electron chi connectivity index (χ4n) is 3.91. The van der Waals surface area contributed by atoms with Crippen LogP contribution < -0.4 is 9.64 Å². The Bertz CT molecular complexity index is 1170. The van der Waals surface area contributed by atoms with Crippen LogP contribution in [0.5, 0.6) is 5.75 Å². The van der Waals surface area contributed by atoms with Crippen LogP contribution in [0.2, 0.25) is 0 Å². The molecular weight excluding hydrogens is 369 g/mol. The highest BCUT2D eigenvalue weighted by atomic mass is 19.1. The molecule has 1 saturated heterocycles. The van der Waals surface area contributed by atoms with Crippen LogP contribution in [0.25, 0.3) is 21.7 Å². The van der Waals surface area contributed by atoms with E-state index in [0.29, 0.717) is 16.9 Å². The zero-order valence-corrected chi connectivity index (χ0v) is 16.3. The number of ether oxygens (including phenoxy) is 1. The molecule has 0 spiro atoms. The molecule has 1 aliphatic heterocycles. The maximum absolute atomic E-state index is 14.3. The van der Waals surface area contributed by atoms with Crippen LogP contribution in [0.15, 0.2) is 59.3 Å². The first-order valence-electron chi connectivity index (χ1n) is 9.80. The standard InChI is InChI=1S/C23H22FN3O2/c1-26-9-11-27(12-10-26)22-4-2-3-16-5-7-18(13-19(16)22)28-15-20-21(24)8-6-17-14-25-29-23(17)20/h2-8,13-14H,9-12,15H2,1H3. The predicted octanol–water partition coefficient (Wildman–Crippen LogP) is 4.45. The second kappa shape index (κ2) is 7.37. The molecule has 0 N–H and O–H groups in total. The van der Waals surface area contributed by atoms with Crippen LogP contribution in [0.3, 0.4) is 0 Å². The lowest BCUT2D eigenvalue weighted by atomic mass is 10.1. The first kappa shape index (κ1) is 17.9. The highest BCUT2D eigenvalue weighted by Gasteiger charge is 2.17. The van der Waals surface area contributed by atoms with Gasteiger partial charge in [0.25, 0.3) is 0 Å². The van der Waals surface area contributed by atoms with Crippen LogP contribution in [0.1, 0.15) is 5.56 Å². The van der Waals surface area contributed by atoms with E-state index < -0.39 is 0 Å². The summed E-state index contributed by atoms with van der Waals surface area (Å²) in [6.07, 6.45) is 1.58. The van der Waals surface area contributed by atoms with Crippen LogP contribution in [0, 0.1) is 5.82 Å². The number of anilines is 1. The average Bonchev–Trinajstić information content (AvgIpc) is 3.22. The minimum Gasteiger partial charge on any atom is -0.489 e. The van der Waals surface area contributed by atoms with Gasteiger partial charge in [-0.2, -0.15) is 0 Å². The number of nitrogens with zero attached hydrogens (tertiary/aromatic N) is 3. The molecule has 0 aliphatic carbocycles. The normalized spacial score (nSPS) is 15.3. The van der Waals surface area contributed by atoms with Crippen molar-refractivity contribution in [2.75, 3.05) is 38.1 Å². The molecule has 2 heterocycles. The van der Waals surface area contributed by atoms with Gasteiger partial charge in [-0.05, 0) is 42.8 Å². The Balaban J connectivity index is 1.44. The minimum absolute atomic E-state index is 0.0839. The SMILES string of the molecule is CN1CCN(c2cccc3ccc(OCc4c(F)ccc5cnoc45)cc23)CC1. The zero-order chi connectivity index (χ0) is 19.8. The molecule has 0 amide bonds. The molecule has 6 heteroatoms. The third-order valence-corrected chi connectivity index (χ3v) is 5.63. The van der Waals surface area contributed by atoms with E-state index in [9.17, 15) is 4.39 Å². The number of likely N-dealkylation sites (N-methyl/N-ethyl adjacent to an activating group) is 1. The lowest BCUT2D eigenvalue weighted by Gasteiger charge is -2.34. The summed E-state index contributed by atoms with van der Waals surface area (Å²) >= 11 is 0. The smallest absolute Gasteiger partial charge is 0.176 e. The lowest BCUT2D eigenvalue weighted by molar-refractivity contribution is 0.298. The minimum atomic E-state index is -0.354. The summed E-state index contributed by atoms with van der Waals surface area (Å²) in [5, 5.41) is 6.84. The number of hydrogen-bond donors (Lipinski definition) is 0. The summed E-state index contributed by atoms with van der Waals surface area (Å²) in [6, 6.07) is 15.5. The molecule has 3 aromatic carbocycles. The number of halogens is 1. The van der Waals surface area contributed by atoms with Gasteiger partial charge in [0.1, 0.15) is 18.2 Å². The van der Waals surface area contributed by atoms with E-state index in [1.54, 1.807) is 12.3 Å². The van der Waals surface area contributed by atoms with Crippen molar-refractivity contribution in [1.29, 1.82) is 0 Å². The van der Waals surface area contributed by atoms with Gasteiger partial charge in [0, 0.05) is 42.6 Å². The second-order valence-corrected chi connectivity index (χ2v) is 7.51. The molecule has 5 rings (SSSR count). The first-order chi connectivity index (χ1) is 14.2. The molecule has 29 heavy (non-hydrogen) atoms. The highest BCUT2D eigenvalue weighted by Crippen LogP contribution is 2.31. The predicted molar refractivity (Wildman–Crippen MR) is 112 cm³/mol. The molecule has 1 aromatic heterocycles. The fourth-order valence-corrected chi connectivity index (χ4v) is 3.91. The second-order valence-electron chi connectivity index (χ2n) is 7.51. The summed E-state index contributed by atoms with van der Waals surface area (Å²) in [7, 11) is 2.15. The molecule has 5 nitrogen and oxygen atoms in total. The van der Waals surface area contributed by atoms with Gasteiger partial charge < -0.3 is 19.1 Å². The van der Waals surface area contributed by atoms with Gasteiger partial charge in [-0.1, -0.05) is 23.4 Å². The van der Waals surface area contributed by atoms with Crippen molar-refractivity contribution in [2.24, 2.45) is 0 Å². The Morgan fingerprint density at radius 3 is 2.72 bits per heavy atom. The number of fused-ring (bicyclic) bond motifs is 2. The van der Waals surface area contributed by atoms with Gasteiger partial charge in [-0.3, -0.25) is 0 Å². The van der Waals surface area contributed by atoms with E-state index in [-0.39, 0.29) is 12.4 Å². The molecule has 0 unspecified atom stereocenters. The molecule has 0 bridgehead atoms. The summed E-state index contributed by atoms with van der Waals surface area (Å²) in [5.74, 6) is 0.350. The molecule has 1 aliphatic rings. The lowest BCUT2D eigenvalue weighted by Crippen LogP contribution is -2.44. The number of benzene rings is 3. The summed E-state index contributed by atoms with van der Waals surface area (Å²) in [6.45, 7) is 4.18. The fraction of sp³-hybridized carbons (Fsp3) is 0.261. The van der Waals surface area contributed by atoms with E-state index >= 15 is 0 Å². The Morgan fingerprint density at radius 1 is 1.03 bits per heavy atom. The third-order valence-electron chi connectivity index (χ3n) is 5.63. The van der Waals surface area contributed by atoms with E-state index in [4.69, 9.17) is 9.26 Å². The molecule has 4 aromatic rings. The van der Waals surface area contributed by atoms with Crippen LogP contribution in [-0.4, -0.2) is 43.3 Å². The van der Waals surface area contributed by atoms with Crippen molar-refractivity contribution in [3.05, 3.63) is 66.1 Å². The van der Waals surface area contributed by atoms with E-state index in [2.05, 4.69) is 46.3 Å². The van der Waals surface area contributed by atoms with Gasteiger partial charge in [0.15, 0.2) is 5.58 Å². The highest BCUT2D eigenvalue weighted by molar-refractivity contribution is 5.95. The Hall–Kier alpha value is -3.12. The summed E-state index contributed by atoms with van der Waals surface area (Å²) in [5.41, 5.74) is 2.03. The molecular formula is C23H22FN3O2. The topological polar surface area (TPSA) is 41.7 Å². The molecule has 148 valence electrons. The van der Waals surface area contributed by atoms with Crippen LogP contribution in [-0.2, 0) is 6.61 Å². The number of aromatic nitrogens is 1. The van der Waals surface area contributed by atoms with Gasteiger partial charge in [0.05, 0.1) is 11.8 Å². The third kappa shape index (κ3) is 3.40. The van der Waals surface area contributed by atoms with Crippen molar-refractivity contribution >= 4 is 27.4 Å². The van der Waals surface area contributed by atoms with Crippen molar-refractivity contribution in [2.45, 2.75) is 6.61 Å². The van der Waals surface area contributed by atoms with Gasteiger partial charge in [-0.25, -0.2) is 4.39 Å². The molecule has 0 saturated carbocycles. The Morgan fingerprint density at radius 2 is 1.86 bits per heavy atom. The van der Waals surface area contributed by atoms with Crippen LogP contribution >= 0.6 is 0 Å². The zero-order valence-electron chi connectivity index (χ0n) is 16.3. The largest absolute Gasteiger partial charge is 0.489 e. The Kier molecular flexibility index (Phi) is 4.56. The average molecular weight is 391 g/mol. The van der Waals surface area contributed by atoms with E-state index in [1.807, 2.05) is 12.1 Å². The van der Waals surface area contributed by atoms with Gasteiger partial charge >= 0.3 is 0 Å². The monoisotopic (exact) mass is 391 g/mol. The summed E-state index contributed by atoms with van der Waals surface area (Å²) in [4.78, 5) is 4.76. The van der Waals surface area contributed by atoms with E-state index in [1.165, 1.54) is 11.8 Å². The van der Waals surface area contributed by atoms with Crippen molar-refractivity contribution in [3.8, 4) is 5.75 Å². The van der Waals surface area contributed by atoms with Crippen LogP contribution in [0.4, 0.5) is 10.1 Å². The Labute approximate surface area is 168 Å². The van der Waals surface area contributed by atoms with E-state index in [0.717, 1.165) is 42.3 Å². The van der Waals surface area contributed by atoms with Crippen molar-refractivity contribution < 1.29 is 13.7 Å². The maximum atomic E-state index is 14.3.